The molecule has 0 radical (unpaired) electrons. The van der Waals surface area contributed by atoms with Gasteiger partial charge in [-0.05, 0) is 30.9 Å². The van der Waals surface area contributed by atoms with Crippen LogP contribution in [0.3, 0.4) is 0 Å². The largest absolute Gasteiger partial charge is 0.507 e. The number of fused-ring (bicyclic) bond motifs is 1. The lowest BCUT2D eigenvalue weighted by Crippen LogP contribution is -2.26. The van der Waals surface area contributed by atoms with Crippen LogP contribution in [0.15, 0.2) is 36.4 Å². The van der Waals surface area contributed by atoms with E-state index in [1.54, 1.807) is 30.3 Å². The molecule has 2 aromatic carbocycles. The van der Waals surface area contributed by atoms with Gasteiger partial charge in [-0.25, -0.2) is 8.42 Å². The van der Waals surface area contributed by atoms with Crippen molar-refractivity contribution < 1.29 is 18.3 Å². The van der Waals surface area contributed by atoms with E-state index in [-0.39, 0.29) is 29.1 Å². The highest BCUT2D eigenvalue weighted by Gasteiger charge is 2.25. The van der Waals surface area contributed by atoms with Crippen molar-refractivity contribution in [3.05, 3.63) is 36.4 Å². The molecule has 122 valence electrons. The van der Waals surface area contributed by atoms with Crippen LogP contribution in [0, 0.1) is 5.92 Å². The van der Waals surface area contributed by atoms with E-state index < -0.39 is 9.84 Å². The SMILES string of the molecule is O=C(CC1CCS(=O)(=O)CC1)Nc1cccc2c(O)cccc12. The quantitative estimate of drug-likeness (QED) is 0.904. The molecule has 0 bridgehead atoms. The monoisotopic (exact) mass is 333 g/mol. The van der Waals surface area contributed by atoms with E-state index in [1.807, 2.05) is 6.07 Å². The normalized spacial score (nSPS) is 17.9. The fraction of sp³-hybridized carbons (Fsp3) is 0.353. The number of hydrogen-bond donors (Lipinski definition) is 2. The summed E-state index contributed by atoms with van der Waals surface area (Å²) >= 11 is 0. The van der Waals surface area contributed by atoms with Crippen LogP contribution < -0.4 is 5.32 Å². The zero-order chi connectivity index (χ0) is 16.4. The van der Waals surface area contributed by atoms with Crippen LogP contribution >= 0.6 is 0 Å². The fourth-order valence-electron chi connectivity index (χ4n) is 3.01. The summed E-state index contributed by atoms with van der Waals surface area (Å²) in [6.07, 6.45) is 1.42. The third-order valence-corrected chi connectivity index (χ3v) is 6.04. The summed E-state index contributed by atoms with van der Waals surface area (Å²) in [6, 6.07) is 10.6. The first kappa shape index (κ1) is 15.8. The van der Waals surface area contributed by atoms with Crippen LogP contribution in [0.2, 0.25) is 0 Å². The van der Waals surface area contributed by atoms with Gasteiger partial charge in [-0.2, -0.15) is 0 Å². The van der Waals surface area contributed by atoms with E-state index in [0.29, 0.717) is 30.3 Å². The molecule has 0 spiro atoms. The highest BCUT2D eigenvalue weighted by Crippen LogP contribution is 2.30. The van der Waals surface area contributed by atoms with E-state index in [4.69, 9.17) is 0 Å². The number of hydrogen-bond acceptors (Lipinski definition) is 4. The molecule has 1 aliphatic heterocycles. The van der Waals surface area contributed by atoms with Crippen molar-refractivity contribution >= 4 is 32.2 Å². The average Bonchev–Trinajstić information content (AvgIpc) is 2.50. The van der Waals surface area contributed by atoms with Gasteiger partial charge in [-0.1, -0.05) is 24.3 Å². The molecule has 1 amide bonds. The number of nitrogens with one attached hydrogen (secondary N) is 1. The molecule has 1 saturated heterocycles. The van der Waals surface area contributed by atoms with E-state index in [1.165, 1.54) is 0 Å². The van der Waals surface area contributed by atoms with Gasteiger partial charge in [0.15, 0.2) is 0 Å². The molecule has 2 aromatic rings. The van der Waals surface area contributed by atoms with Crippen molar-refractivity contribution in [2.24, 2.45) is 5.92 Å². The highest BCUT2D eigenvalue weighted by atomic mass is 32.2. The molecule has 0 aromatic heterocycles. The van der Waals surface area contributed by atoms with Crippen molar-refractivity contribution in [1.29, 1.82) is 0 Å². The molecule has 1 fully saturated rings. The van der Waals surface area contributed by atoms with E-state index in [9.17, 15) is 18.3 Å². The van der Waals surface area contributed by atoms with Gasteiger partial charge in [-0.3, -0.25) is 4.79 Å². The zero-order valence-corrected chi connectivity index (χ0v) is 13.5. The number of rotatable bonds is 3. The van der Waals surface area contributed by atoms with Gasteiger partial charge in [0.05, 0.1) is 11.5 Å². The van der Waals surface area contributed by atoms with Gasteiger partial charge < -0.3 is 10.4 Å². The molecule has 2 N–H and O–H groups in total. The maximum absolute atomic E-state index is 12.2. The molecule has 6 heteroatoms. The van der Waals surface area contributed by atoms with Crippen LogP contribution in [-0.4, -0.2) is 30.9 Å². The molecule has 0 aliphatic carbocycles. The minimum absolute atomic E-state index is 0.113. The maximum Gasteiger partial charge on any atom is 0.224 e. The summed E-state index contributed by atoms with van der Waals surface area (Å²) in [5.41, 5.74) is 0.659. The van der Waals surface area contributed by atoms with Crippen molar-refractivity contribution in [3.8, 4) is 5.75 Å². The lowest BCUT2D eigenvalue weighted by atomic mass is 9.98. The Morgan fingerprint density at radius 1 is 1.09 bits per heavy atom. The highest BCUT2D eigenvalue weighted by molar-refractivity contribution is 7.91. The Bertz CT molecular complexity index is 831. The minimum Gasteiger partial charge on any atom is -0.507 e. The van der Waals surface area contributed by atoms with Crippen LogP contribution in [0.5, 0.6) is 5.75 Å². The number of carbonyl (C=O) groups is 1. The van der Waals surface area contributed by atoms with Gasteiger partial charge in [0.2, 0.25) is 5.91 Å². The first-order chi connectivity index (χ1) is 10.9. The Balaban J connectivity index is 1.70. The topological polar surface area (TPSA) is 83.5 Å². The van der Waals surface area contributed by atoms with Crippen LogP contribution in [-0.2, 0) is 14.6 Å². The third kappa shape index (κ3) is 3.64. The summed E-state index contributed by atoms with van der Waals surface area (Å²) in [7, 11) is -2.90. The number of sulfone groups is 1. The summed E-state index contributed by atoms with van der Waals surface area (Å²) < 4.78 is 22.9. The standard InChI is InChI=1S/C17H19NO4S/c19-16-6-2-3-13-14(16)4-1-5-15(13)18-17(20)11-12-7-9-23(21,22)10-8-12/h1-6,12,19H,7-11H2,(H,18,20). The van der Waals surface area contributed by atoms with Gasteiger partial charge in [-0.15, -0.1) is 0 Å². The molecule has 5 nitrogen and oxygen atoms in total. The number of phenols is 1. The molecular weight excluding hydrogens is 314 g/mol. The van der Waals surface area contributed by atoms with Crippen molar-refractivity contribution in [2.45, 2.75) is 19.3 Å². The Morgan fingerprint density at radius 3 is 2.48 bits per heavy atom. The van der Waals surface area contributed by atoms with Crippen LogP contribution in [0.25, 0.3) is 10.8 Å². The van der Waals surface area contributed by atoms with Gasteiger partial charge in [0, 0.05) is 22.9 Å². The third-order valence-electron chi connectivity index (χ3n) is 4.32. The second-order valence-electron chi connectivity index (χ2n) is 6.03. The molecule has 1 heterocycles. The second-order valence-corrected chi connectivity index (χ2v) is 8.33. The van der Waals surface area contributed by atoms with Crippen molar-refractivity contribution in [3.63, 3.8) is 0 Å². The molecule has 23 heavy (non-hydrogen) atoms. The first-order valence-electron chi connectivity index (χ1n) is 7.65. The Morgan fingerprint density at radius 2 is 1.74 bits per heavy atom. The van der Waals surface area contributed by atoms with Gasteiger partial charge in [0.1, 0.15) is 15.6 Å². The lowest BCUT2D eigenvalue weighted by molar-refractivity contribution is -0.117. The predicted octanol–water partition coefficient (Wildman–Crippen LogP) is 2.70. The Kier molecular flexibility index (Phi) is 4.26. The second kappa shape index (κ2) is 6.20. The fourth-order valence-corrected chi connectivity index (χ4v) is 4.60. The van der Waals surface area contributed by atoms with E-state index >= 15 is 0 Å². The lowest BCUT2D eigenvalue weighted by Gasteiger charge is -2.21. The number of benzene rings is 2. The molecular formula is C17H19NO4S. The number of anilines is 1. The maximum atomic E-state index is 12.2. The van der Waals surface area contributed by atoms with Crippen molar-refractivity contribution in [1.82, 2.24) is 0 Å². The van der Waals surface area contributed by atoms with Crippen LogP contribution in [0.4, 0.5) is 5.69 Å². The summed E-state index contributed by atoms with van der Waals surface area (Å²) in [6.45, 7) is 0. The van der Waals surface area contributed by atoms with Gasteiger partial charge >= 0.3 is 0 Å². The zero-order valence-electron chi connectivity index (χ0n) is 12.7. The predicted molar refractivity (Wildman–Crippen MR) is 90.2 cm³/mol. The van der Waals surface area contributed by atoms with Gasteiger partial charge in [0.25, 0.3) is 0 Å². The average molecular weight is 333 g/mol. The van der Waals surface area contributed by atoms with E-state index in [2.05, 4.69) is 5.32 Å². The molecule has 3 rings (SSSR count). The minimum atomic E-state index is -2.90. The number of phenolic OH excluding ortho intramolecular Hbond substituents is 1. The summed E-state index contributed by atoms with van der Waals surface area (Å²) in [5, 5.41) is 14.2. The number of amides is 1. The Labute approximate surface area is 135 Å². The first-order valence-corrected chi connectivity index (χ1v) is 9.48. The molecule has 0 unspecified atom stereocenters. The molecule has 0 atom stereocenters. The Hall–Kier alpha value is -2.08. The van der Waals surface area contributed by atoms with Crippen LogP contribution in [0.1, 0.15) is 19.3 Å². The summed E-state index contributed by atoms with van der Waals surface area (Å²) in [5.74, 6) is 0.517. The smallest absolute Gasteiger partial charge is 0.224 e. The number of aromatic hydroxyl groups is 1. The molecule has 0 saturated carbocycles. The van der Waals surface area contributed by atoms with Crippen molar-refractivity contribution in [2.75, 3.05) is 16.8 Å². The molecule has 1 aliphatic rings. The number of carbonyl (C=O) groups excluding carboxylic acids is 1. The van der Waals surface area contributed by atoms with E-state index in [0.717, 1.165) is 5.39 Å². The summed E-state index contributed by atoms with van der Waals surface area (Å²) in [4.78, 5) is 12.2.